The van der Waals surface area contributed by atoms with Crippen molar-refractivity contribution in [1.82, 2.24) is 4.57 Å². The molecule has 33 heavy (non-hydrogen) atoms. The van der Waals surface area contributed by atoms with Crippen LogP contribution in [0.2, 0.25) is 0 Å². The zero-order chi connectivity index (χ0) is 23.7. The summed E-state index contributed by atoms with van der Waals surface area (Å²) in [6, 6.07) is 16.7. The van der Waals surface area contributed by atoms with Crippen LogP contribution in [0.4, 0.5) is 5.69 Å². The normalized spacial score (nSPS) is 20.9. The van der Waals surface area contributed by atoms with Gasteiger partial charge in [0.2, 0.25) is 0 Å². The van der Waals surface area contributed by atoms with Crippen LogP contribution in [0.1, 0.15) is 40.0 Å². The minimum Gasteiger partial charge on any atom is -0.459 e. The van der Waals surface area contributed by atoms with Gasteiger partial charge in [-0.15, -0.1) is 0 Å². The van der Waals surface area contributed by atoms with Gasteiger partial charge < -0.3 is 9.64 Å². The Morgan fingerprint density at radius 2 is 1.82 bits per heavy atom. The van der Waals surface area contributed by atoms with Gasteiger partial charge >= 0.3 is 5.97 Å². The maximum Gasteiger partial charge on any atom is 0.348 e. The van der Waals surface area contributed by atoms with Gasteiger partial charge in [0.05, 0.1) is 12.6 Å². The lowest BCUT2D eigenvalue weighted by Gasteiger charge is -2.36. The fraction of sp³-hybridized carbons (Fsp3) is 0.500. The van der Waals surface area contributed by atoms with Crippen LogP contribution in [0.25, 0.3) is 22.4 Å². The third-order valence-electron chi connectivity index (χ3n) is 7.28. The van der Waals surface area contributed by atoms with Crippen molar-refractivity contribution in [1.29, 1.82) is 0 Å². The van der Waals surface area contributed by atoms with Crippen LogP contribution in [0, 0.1) is 17.8 Å². The number of aryl methyl sites for hydroxylation is 1. The molecule has 1 saturated carbocycles. The number of carbonyl (C=O) groups is 1. The van der Waals surface area contributed by atoms with Crippen LogP contribution in [-0.4, -0.2) is 30.7 Å². The molecule has 2 aromatic carbocycles. The van der Waals surface area contributed by atoms with Crippen molar-refractivity contribution in [3.8, 4) is 11.4 Å². The molecule has 0 N–H and O–H groups in total. The molecule has 0 radical (unpaired) electrons. The van der Waals surface area contributed by atoms with E-state index < -0.39 is 0 Å². The quantitative estimate of drug-likeness (QED) is 0.384. The minimum absolute atomic E-state index is 0.0136. The van der Waals surface area contributed by atoms with E-state index in [1.807, 2.05) is 26.2 Å². The van der Waals surface area contributed by atoms with E-state index in [-0.39, 0.29) is 18.6 Å². The molecule has 1 aromatic heterocycles. The van der Waals surface area contributed by atoms with Gasteiger partial charge in [-0.25, -0.2) is 13.9 Å². The number of benzene rings is 2. The Bertz CT molecular complexity index is 1110. The van der Waals surface area contributed by atoms with E-state index in [2.05, 4.69) is 78.3 Å². The second kappa shape index (κ2) is 9.58. The van der Waals surface area contributed by atoms with E-state index in [4.69, 9.17) is 4.74 Å². The molecule has 1 heterocycles. The molecule has 1 aliphatic rings. The first kappa shape index (κ1) is 23.3. The first-order chi connectivity index (χ1) is 15.8. The summed E-state index contributed by atoms with van der Waals surface area (Å²) in [7, 11) is 6.15. The fourth-order valence-electron chi connectivity index (χ4n) is 5.39. The molecule has 3 aromatic rings. The number of fused-ring (bicyclic) bond motifs is 1. The summed E-state index contributed by atoms with van der Waals surface area (Å²) in [5.74, 6) is 2.43. The molecule has 3 atom stereocenters. The van der Waals surface area contributed by atoms with E-state index in [1.54, 1.807) is 0 Å². The van der Waals surface area contributed by atoms with Gasteiger partial charge in [-0.1, -0.05) is 39.3 Å². The van der Waals surface area contributed by atoms with Crippen LogP contribution in [0.15, 0.2) is 48.5 Å². The van der Waals surface area contributed by atoms with Crippen molar-refractivity contribution in [3.05, 3.63) is 48.5 Å². The number of esters is 1. The largest absolute Gasteiger partial charge is 0.459 e. The molecule has 0 aliphatic heterocycles. The number of aromatic nitrogens is 2. The van der Waals surface area contributed by atoms with Gasteiger partial charge in [-0.2, -0.15) is 0 Å². The number of imidazole rings is 1. The third kappa shape index (κ3) is 4.78. The third-order valence-corrected chi connectivity index (χ3v) is 7.28. The predicted molar refractivity (Wildman–Crippen MR) is 134 cm³/mol. The Morgan fingerprint density at radius 1 is 1.12 bits per heavy atom. The molecule has 1 unspecified atom stereocenters. The first-order valence-electron chi connectivity index (χ1n) is 12.2. The lowest BCUT2D eigenvalue weighted by Crippen LogP contribution is -2.37. The average molecular weight is 449 g/mol. The number of ether oxygens (including phenoxy) is 1. The summed E-state index contributed by atoms with van der Waals surface area (Å²) in [5, 5.41) is 0. The molecule has 0 spiro atoms. The molecular formula is C28H38N3O2+. The second-order valence-corrected chi connectivity index (χ2v) is 10.3. The molecule has 176 valence electrons. The summed E-state index contributed by atoms with van der Waals surface area (Å²) in [6.45, 7) is 6.97. The van der Waals surface area contributed by atoms with Crippen molar-refractivity contribution >= 4 is 22.7 Å². The van der Waals surface area contributed by atoms with Crippen LogP contribution < -0.4 is 9.47 Å². The maximum atomic E-state index is 13.3. The van der Waals surface area contributed by atoms with Gasteiger partial charge in [0.15, 0.2) is 17.6 Å². The summed E-state index contributed by atoms with van der Waals surface area (Å²) in [5.41, 5.74) is 4.37. The molecule has 5 nitrogen and oxygen atoms in total. The van der Waals surface area contributed by atoms with Crippen molar-refractivity contribution in [2.75, 3.05) is 19.0 Å². The Hall–Kier alpha value is -2.82. The van der Waals surface area contributed by atoms with Crippen LogP contribution in [0.3, 0.4) is 0 Å². The fourth-order valence-corrected chi connectivity index (χ4v) is 5.39. The molecule has 1 aliphatic carbocycles. The monoisotopic (exact) mass is 448 g/mol. The maximum absolute atomic E-state index is 13.3. The lowest BCUT2D eigenvalue weighted by molar-refractivity contribution is -0.634. The highest BCUT2D eigenvalue weighted by molar-refractivity contribution is 5.80. The summed E-state index contributed by atoms with van der Waals surface area (Å²) in [6.07, 6.45) is 3.34. The Kier molecular flexibility index (Phi) is 6.78. The van der Waals surface area contributed by atoms with E-state index in [9.17, 15) is 4.79 Å². The number of nitrogens with zero attached hydrogens (tertiary/aromatic N) is 3. The highest BCUT2D eigenvalue weighted by atomic mass is 16.5. The average Bonchev–Trinajstić information content (AvgIpc) is 3.05. The van der Waals surface area contributed by atoms with Gasteiger partial charge in [-0.3, -0.25) is 0 Å². The number of hydrogen-bond acceptors (Lipinski definition) is 3. The summed E-state index contributed by atoms with van der Waals surface area (Å²) >= 11 is 0. The zero-order valence-electron chi connectivity index (χ0n) is 20.9. The Morgan fingerprint density at radius 3 is 2.48 bits per heavy atom. The number of para-hydroxylation sites is 2. The van der Waals surface area contributed by atoms with E-state index >= 15 is 0 Å². The standard InChI is InChI=1S/C28H38N3O2/c1-19(2)23-16-11-20(3)17-26(23)33-27(32)18-31-25-10-8-7-9-24(25)30(6)28(31)21-12-14-22(15-13-21)29(4)5/h7-10,12-15,19-20,23,26H,11,16-18H2,1-6H3/q+1/t20-,23?,26-/m1/s1. The molecule has 4 rings (SSSR count). The van der Waals surface area contributed by atoms with Gasteiger partial charge in [0.1, 0.15) is 6.10 Å². The number of anilines is 1. The highest BCUT2D eigenvalue weighted by Crippen LogP contribution is 2.35. The number of hydrogen-bond donors (Lipinski definition) is 0. The van der Waals surface area contributed by atoms with E-state index in [0.717, 1.165) is 41.0 Å². The topological polar surface area (TPSA) is 38.4 Å². The predicted octanol–water partition coefficient (Wildman–Crippen LogP) is 5.20. The Labute approximate surface area is 198 Å². The SMILES string of the molecule is CC(C)C1CC[C@@H](C)C[C@H]1OC(=O)Cn1c(-c2ccc(N(C)C)cc2)[n+](C)c2ccccc21. The molecule has 0 saturated heterocycles. The molecule has 0 amide bonds. The van der Waals surface area contributed by atoms with Crippen LogP contribution >= 0.6 is 0 Å². The van der Waals surface area contributed by atoms with E-state index in [1.165, 1.54) is 6.42 Å². The summed E-state index contributed by atoms with van der Waals surface area (Å²) < 4.78 is 10.4. The summed E-state index contributed by atoms with van der Waals surface area (Å²) in [4.78, 5) is 15.4. The zero-order valence-corrected chi connectivity index (χ0v) is 20.9. The van der Waals surface area contributed by atoms with Crippen LogP contribution in [0.5, 0.6) is 0 Å². The molecule has 0 bridgehead atoms. The van der Waals surface area contributed by atoms with Crippen molar-refractivity contribution in [2.45, 2.75) is 52.7 Å². The Balaban J connectivity index is 1.67. The molecule has 5 heteroatoms. The van der Waals surface area contributed by atoms with Crippen LogP contribution in [-0.2, 0) is 23.1 Å². The van der Waals surface area contributed by atoms with E-state index in [0.29, 0.717) is 17.8 Å². The minimum atomic E-state index is -0.146. The van der Waals surface area contributed by atoms with Crippen molar-refractivity contribution < 1.29 is 14.1 Å². The second-order valence-electron chi connectivity index (χ2n) is 10.3. The van der Waals surface area contributed by atoms with Gasteiger partial charge in [0, 0.05) is 19.8 Å². The van der Waals surface area contributed by atoms with Gasteiger partial charge in [0.25, 0.3) is 5.82 Å². The number of rotatable bonds is 6. The number of carbonyl (C=O) groups excluding carboxylic acids is 1. The molecular weight excluding hydrogens is 410 g/mol. The first-order valence-corrected chi connectivity index (χ1v) is 12.2. The molecule has 1 fully saturated rings. The highest BCUT2D eigenvalue weighted by Gasteiger charge is 2.34. The van der Waals surface area contributed by atoms with Crippen molar-refractivity contribution in [3.63, 3.8) is 0 Å². The lowest BCUT2D eigenvalue weighted by atomic mass is 9.75. The smallest absolute Gasteiger partial charge is 0.348 e. The van der Waals surface area contributed by atoms with Crippen molar-refractivity contribution in [2.24, 2.45) is 24.8 Å². The van der Waals surface area contributed by atoms with Gasteiger partial charge in [-0.05, 0) is 67.0 Å².